The van der Waals surface area contributed by atoms with Gasteiger partial charge in [0.25, 0.3) is 5.91 Å². The summed E-state index contributed by atoms with van der Waals surface area (Å²) in [6.07, 6.45) is 0. The topological polar surface area (TPSA) is 84.9 Å². The molecule has 0 bridgehead atoms. The monoisotopic (exact) mass is 396 g/mol. The molecule has 3 rings (SSSR count). The smallest absolute Gasteiger partial charge is 0.325 e. The third-order valence-electron chi connectivity index (χ3n) is 5.23. The van der Waals surface area contributed by atoms with Crippen LogP contribution in [-0.2, 0) is 10.3 Å². The standard InChI is InChI=1S/C22H24N2O5/c1-13-6-7-14(2)16(10-13)17(25)12-24-20(26)22(3,23-21(24)27)15-8-9-18(28-4)19(11-15)29-5/h6-11H,12H2,1-5H3,(H,23,27). The molecule has 0 spiro atoms. The molecule has 1 aliphatic rings. The first kappa shape index (κ1) is 20.4. The van der Waals surface area contributed by atoms with Gasteiger partial charge in [-0.25, -0.2) is 4.79 Å². The van der Waals surface area contributed by atoms with E-state index in [0.717, 1.165) is 16.0 Å². The highest BCUT2D eigenvalue weighted by atomic mass is 16.5. The molecule has 0 aliphatic carbocycles. The van der Waals surface area contributed by atoms with Crippen molar-refractivity contribution >= 4 is 17.7 Å². The third-order valence-corrected chi connectivity index (χ3v) is 5.23. The first-order valence-corrected chi connectivity index (χ1v) is 9.18. The lowest BCUT2D eigenvalue weighted by Crippen LogP contribution is -2.41. The van der Waals surface area contributed by atoms with Gasteiger partial charge in [0.05, 0.1) is 20.8 Å². The molecule has 29 heavy (non-hydrogen) atoms. The van der Waals surface area contributed by atoms with Crippen LogP contribution < -0.4 is 14.8 Å². The second-order valence-electron chi connectivity index (χ2n) is 7.26. The van der Waals surface area contributed by atoms with Crippen LogP contribution in [0.4, 0.5) is 4.79 Å². The first-order chi connectivity index (χ1) is 13.7. The van der Waals surface area contributed by atoms with E-state index in [4.69, 9.17) is 9.47 Å². The third kappa shape index (κ3) is 3.55. The highest BCUT2D eigenvalue weighted by Crippen LogP contribution is 2.35. The Morgan fingerprint density at radius 3 is 2.38 bits per heavy atom. The minimum absolute atomic E-state index is 0.286. The Morgan fingerprint density at radius 1 is 1.03 bits per heavy atom. The van der Waals surface area contributed by atoms with Gasteiger partial charge in [0.15, 0.2) is 17.3 Å². The second kappa shape index (κ2) is 7.58. The largest absolute Gasteiger partial charge is 0.493 e. The molecule has 2 aromatic carbocycles. The molecule has 0 saturated carbocycles. The van der Waals surface area contributed by atoms with Crippen molar-refractivity contribution in [1.82, 2.24) is 10.2 Å². The fraction of sp³-hybridized carbons (Fsp3) is 0.318. The van der Waals surface area contributed by atoms with Crippen LogP contribution in [-0.4, -0.2) is 43.4 Å². The minimum atomic E-state index is -1.31. The lowest BCUT2D eigenvalue weighted by molar-refractivity contribution is -0.130. The zero-order chi connectivity index (χ0) is 21.3. The SMILES string of the molecule is COc1ccc(C2(C)NC(=O)N(CC(=O)c3cc(C)ccc3C)C2=O)cc1OC. The number of benzene rings is 2. The number of carbonyl (C=O) groups excluding carboxylic acids is 3. The van der Waals surface area contributed by atoms with Gasteiger partial charge in [-0.15, -0.1) is 0 Å². The Hall–Kier alpha value is -3.35. The number of nitrogens with one attached hydrogen (secondary N) is 1. The minimum Gasteiger partial charge on any atom is -0.493 e. The number of hydrogen-bond acceptors (Lipinski definition) is 5. The fourth-order valence-electron chi connectivity index (χ4n) is 3.45. The number of aryl methyl sites for hydroxylation is 2. The van der Waals surface area contributed by atoms with Gasteiger partial charge in [-0.1, -0.05) is 23.8 Å². The summed E-state index contributed by atoms with van der Waals surface area (Å²) in [5, 5.41) is 2.71. The quantitative estimate of drug-likeness (QED) is 0.599. The van der Waals surface area contributed by atoms with Crippen molar-refractivity contribution in [2.24, 2.45) is 0 Å². The molecular weight excluding hydrogens is 372 g/mol. The van der Waals surface area contributed by atoms with Crippen LogP contribution >= 0.6 is 0 Å². The number of carbonyl (C=O) groups is 3. The molecule has 0 aromatic heterocycles. The van der Waals surface area contributed by atoms with Crippen molar-refractivity contribution in [3.63, 3.8) is 0 Å². The average molecular weight is 396 g/mol. The first-order valence-electron chi connectivity index (χ1n) is 9.18. The van der Waals surface area contributed by atoms with E-state index in [0.29, 0.717) is 22.6 Å². The number of urea groups is 1. The lowest BCUT2D eigenvalue weighted by atomic mass is 9.91. The van der Waals surface area contributed by atoms with E-state index in [1.165, 1.54) is 14.2 Å². The van der Waals surface area contributed by atoms with Crippen molar-refractivity contribution < 1.29 is 23.9 Å². The van der Waals surface area contributed by atoms with Crippen LogP contribution in [0.5, 0.6) is 11.5 Å². The van der Waals surface area contributed by atoms with Crippen LogP contribution in [0.25, 0.3) is 0 Å². The Kier molecular flexibility index (Phi) is 5.33. The van der Waals surface area contributed by atoms with E-state index in [1.807, 2.05) is 26.0 Å². The van der Waals surface area contributed by atoms with Crippen molar-refractivity contribution in [2.45, 2.75) is 26.3 Å². The molecule has 3 amide bonds. The summed E-state index contributed by atoms with van der Waals surface area (Å²) in [5.74, 6) is 0.177. The molecule has 1 N–H and O–H groups in total. The predicted octanol–water partition coefficient (Wildman–Crippen LogP) is 2.97. The molecule has 1 fully saturated rings. The van der Waals surface area contributed by atoms with Crippen LogP contribution in [0.1, 0.15) is 34.0 Å². The Morgan fingerprint density at radius 2 is 1.72 bits per heavy atom. The predicted molar refractivity (Wildman–Crippen MR) is 107 cm³/mol. The summed E-state index contributed by atoms with van der Waals surface area (Å²) >= 11 is 0. The van der Waals surface area contributed by atoms with E-state index in [1.54, 1.807) is 31.2 Å². The molecule has 152 valence electrons. The fourth-order valence-corrected chi connectivity index (χ4v) is 3.45. The normalized spacial score (nSPS) is 18.6. The van der Waals surface area contributed by atoms with Gasteiger partial charge in [-0.2, -0.15) is 0 Å². The van der Waals surface area contributed by atoms with Gasteiger partial charge in [-0.05, 0) is 50.1 Å². The number of nitrogens with zero attached hydrogens (tertiary/aromatic N) is 1. The summed E-state index contributed by atoms with van der Waals surface area (Å²) in [4.78, 5) is 39.4. The van der Waals surface area contributed by atoms with Crippen LogP contribution in [0.2, 0.25) is 0 Å². The Balaban J connectivity index is 1.89. The average Bonchev–Trinajstić information content (AvgIpc) is 2.93. The van der Waals surface area contributed by atoms with Crippen molar-refractivity contribution in [3.8, 4) is 11.5 Å². The van der Waals surface area contributed by atoms with Crippen molar-refractivity contribution in [1.29, 1.82) is 0 Å². The number of hydrogen-bond donors (Lipinski definition) is 1. The highest BCUT2D eigenvalue weighted by Gasteiger charge is 2.49. The maximum Gasteiger partial charge on any atom is 0.325 e. The van der Waals surface area contributed by atoms with Gasteiger partial charge < -0.3 is 14.8 Å². The number of ether oxygens (including phenoxy) is 2. The highest BCUT2D eigenvalue weighted by molar-refractivity contribution is 6.11. The van der Waals surface area contributed by atoms with Gasteiger partial charge in [0.1, 0.15) is 5.54 Å². The Labute approximate surface area is 169 Å². The van der Waals surface area contributed by atoms with Gasteiger partial charge >= 0.3 is 6.03 Å². The summed E-state index contributed by atoms with van der Waals surface area (Å²) < 4.78 is 10.5. The van der Waals surface area contributed by atoms with Crippen molar-refractivity contribution in [3.05, 3.63) is 58.7 Å². The summed E-state index contributed by atoms with van der Waals surface area (Å²) in [6.45, 7) is 5.00. The summed E-state index contributed by atoms with van der Waals surface area (Å²) in [6, 6.07) is 9.93. The van der Waals surface area contributed by atoms with Gasteiger partial charge in [0, 0.05) is 5.56 Å². The van der Waals surface area contributed by atoms with E-state index < -0.39 is 17.5 Å². The Bertz CT molecular complexity index is 1000. The zero-order valence-electron chi connectivity index (χ0n) is 17.2. The van der Waals surface area contributed by atoms with E-state index >= 15 is 0 Å². The number of methoxy groups -OCH3 is 2. The number of ketones is 1. The number of amides is 3. The molecule has 2 aromatic rings. The van der Waals surface area contributed by atoms with E-state index in [-0.39, 0.29) is 12.3 Å². The molecule has 1 aliphatic heterocycles. The lowest BCUT2D eigenvalue weighted by Gasteiger charge is -2.23. The molecule has 1 saturated heterocycles. The molecule has 1 unspecified atom stereocenters. The maximum absolute atomic E-state index is 13.1. The number of rotatable bonds is 6. The van der Waals surface area contributed by atoms with Gasteiger partial charge in [-0.3, -0.25) is 14.5 Å². The molecular formula is C22H24N2O5. The van der Waals surface area contributed by atoms with Crippen LogP contribution in [0.15, 0.2) is 36.4 Å². The van der Waals surface area contributed by atoms with Gasteiger partial charge in [0.2, 0.25) is 0 Å². The molecule has 1 heterocycles. The van der Waals surface area contributed by atoms with E-state index in [9.17, 15) is 14.4 Å². The molecule has 7 heteroatoms. The van der Waals surface area contributed by atoms with Crippen LogP contribution in [0, 0.1) is 13.8 Å². The summed E-state index contributed by atoms with van der Waals surface area (Å²) in [7, 11) is 3.01. The summed E-state index contributed by atoms with van der Waals surface area (Å²) in [5.41, 5.74) is 1.47. The maximum atomic E-state index is 13.1. The zero-order valence-corrected chi connectivity index (χ0v) is 17.2. The second-order valence-corrected chi connectivity index (χ2v) is 7.26. The van der Waals surface area contributed by atoms with E-state index in [2.05, 4.69) is 5.32 Å². The van der Waals surface area contributed by atoms with Crippen LogP contribution in [0.3, 0.4) is 0 Å². The number of Topliss-reactive ketones (excluding diaryl/α,β-unsaturated/α-hetero) is 1. The molecule has 7 nitrogen and oxygen atoms in total. The molecule has 0 radical (unpaired) electrons. The van der Waals surface area contributed by atoms with Crippen molar-refractivity contribution in [2.75, 3.05) is 20.8 Å². The molecule has 1 atom stereocenters. The number of imide groups is 1.